The lowest BCUT2D eigenvalue weighted by Crippen LogP contribution is -2.54. The molecule has 0 amide bonds. The number of hydrogen-bond acceptors (Lipinski definition) is 5. The van der Waals surface area contributed by atoms with Crippen molar-refractivity contribution in [1.29, 1.82) is 0 Å². The first-order chi connectivity index (χ1) is 14.1. The van der Waals surface area contributed by atoms with Gasteiger partial charge in [0.05, 0.1) is 35.5 Å². The van der Waals surface area contributed by atoms with Crippen LogP contribution in [0.2, 0.25) is 5.02 Å². The zero-order valence-electron chi connectivity index (χ0n) is 16.3. The van der Waals surface area contributed by atoms with Gasteiger partial charge in [0.1, 0.15) is 11.0 Å². The third-order valence-electron chi connectivity index (χ3n) is 6.73. The number of hydrogen-bond donors (Lipinski definition) is 1. The molecule has 3 aliphatic rings. The summed E-state index contributed by atoms with van der Waals surface area (Å²) in [7, 11) is -1.28. The van der Waals surface area contributed by atoms with Crippen LogP contribution in [0.1, 0.15) is 49.3 Å². The Labute approximate surface area is 178 Å². The predicted octanol–water partition coefficient (Wildman–Crippen LogP) is 3.27. The third kappa shape index (κ3) is 3.38. The summed E-state index contributed by atoms with van der Waals surface area (Å²) in [5.41, 5.74) is 1.83. The molecule has 1 unspecified atom stereocenters. The molecule has 29 heavy (non-hydrogen) atoms. The van der Waals surface area contributed by atoms with E-state index in [4.69, 9.17) is 16.6 Å². The van der Waals surface area contributed by atoms with Crippen molar-refractivity contribution in [3.05, 3.63) is 46.7 Å². The standard InChI is InChI=1S/C21H25ClN4O2S/c22-17-4-2-15(3-5-17)16-6-10-25(11-7-16)20-23-12-19-18(24-20)13-26(29(19)28)21(14-27)8-1-9-21/h2-5,12,16,27H,1,6-11,13-14H2. The molecule has 2 fully saturated rings. The average Bonchev–Trinajstić information content (AvgIpc) is 3.05. The van der Waals surface area contributed by atoms with E-state index >= 15 is 0 Å². The molecule has 5 rings (SSSR count). The minimum absolute atomic E-state index is 0.0469. The molecular weight excluding hydrogens is 408 g/mol. The summed E-state index contributed by atoms with van der Waals surface area (Å²) in [6.07, 6.45) is 6.68. The number of fused-ring (bicyclic) bond motifs is 1. The quantitative estimate of drug-likeness (QED) is 0.802. The van der Waals surface area contributed by atoms with Crippen LogP contribution in [0.3, 0.4) is 0 Å². The lowest BCUT2D eigenvalue weighted by Gasteiger charge is -2.46. The molecule has 1 saturated carbocycles. The number of halogens is 1. The smallest absolute Gasteiger partial charge is 0.225 e. The van der Waals surface area contributed by atoms with Gasteiger partial charge in [-0.25, -0.2) is 18.5 Å². The first kappa shape index (κ1) is 19.4. The van der Waals surface area contributed by atoms with Crippen molar-refractivity contribution in [2.75, 3.05) is 24.6 Å². The average molecular weight is 433 g/mol. The summed E-state index contributed by atoms with van der Waals surface area (Å²) >= 11 is 6.01. The molecule has 2 aromatic rings. The van der Waals surface area contributed by atoms with E-state index in [1.807, 2.05) is 16.4 Å². The van der Waals surface area contributed by atoms with Crippen LogP contribution in [0.25, 0.3) is 0 Å². The first-order valence-electron chi connectivity index (χ1n) is 10.3. The Morgan fingerprint density at radius 3 is 2.55 bits per heavy atom. The molecule has 3 heterocycles. The fraction of sp³-hybridized carbons (Fsp3) is 0.524. The van der Waals surface area contributed by atoms with Crippen LogP contribution < -0.4 is 4.90 Å². The fourth-order valence-corrected chi connectivity index (χ4v) is 6.33. The number of aliphatic hydroxyl groups excluding tert-OH is 1. The van der Waals surface area contributed by atoms with Crippen molar-refractivity contribution < 1.29 is 9.32 Å². The van der Waals surface area contributed by atoms with Crippen molar-refractivity contribution >= 4 is 28.5 Å². The predicted molar refractivity (Wildman–Crippen MR) is 113 cm³/mol. The van der Waals surface area contributed by atoms with Gasteiger partial charge < -0.3 is 10.0 Å². The van der Waals surface area contributed by atoms with Crippen LogP contribution >= 0.6 is 11.6 Å². The summed E-state index contributed by atoms with van der Waals surface area (Å²) in [6, 6.07) is 8.16. The largest absolute Gasteiger partial charge is 0.394 e. The highest BCUT2D eigenvalue weighted by molar-refractivity contribution is 7.83. The third-order valence-corrected chi connectivity index (χ3v) is 8.61. The van der Waals surface area contributed by atoms with Gasteiger partial charge in [-0.1, -0.05) is 23.7 Å². The molecule has 0 bridgehead atoms. The van der Waals surface area contributed by atoms with E-state index in [2.05, 4.69) is 22.0 Å². The highest BCUT2D eigenvalue weighted by Crippen LogP contribution is 2.43. The van der Waals surface area contributed by atoms with E-state index in [0.29, 0.717) is 17.4 Å². The van der Waals surface area contributed by atoms with Gasteiger partial charge in [-0.05, 0) is 55.7 Å². The number of benzene rings is 1. The second-order valence-electron chi connectivity index (χ2n) is 8.32. The zero-order valence-corrected chi connectivity index (χ0v) is 17.8. The van der Waals surface area contributed by atoms with Gasteiger partial charge in [0.25, 0.3) is 0 Å². The molecule has 8 heteroatoms. The summed E-state index contributed by atoms with van der Waals surface area (Å²) < 4.78 is 14.9. The maximum Gasteiger partial charge on any atom is 0.225 e. The summed E-state index contributed by atoms with van der Waals surface area (Å²) in [5, 5.41) is 10.6. The van der Waals surface area contributed by atoms with Gasteiger partial charge >= 0.3 is 0 Å². The van der Waals surface area contributed by atoms with Crippen molar-refractivity contribution in [2.24, 2.45) is 0 Å². The number of anilines is 1. The Kier molecular flexibility index (Phi) is 5.10. The molecule has 1 aromatic carbocycles. The van der Waals surface area contributed by atoms with Crippen LogP contribution in [0.4, 0.5) is 5.95 Å². The minimum Gasteiger partial charge on any atom is -0.394 e. The maximum atomic E-state index is 12.9. The van der Waals surface area contributed by atoms with Gasteiger partial charge in [-0.2, -0.15) is 0 Å². The van der Waals surface area contributed by atoms with E-state index < -0.39 is 11.0 Å². The van der Waals surface area contributed by atoms with Gasteiger partial charge in [-0.15, -0.1) is 0 Å². The van der Waals surface area contributed by atoms with E-state index in [9.17, 15) is 9.32 Å². The second kappa shape index (κ2) is 7.61. The summed E-state index contributed by atoms with van der Waals surface area (Å²) in [4.78, 5) is 12.2. The van der Waals surface area contributed by atoms with Crippen molar-refractivity contribution in [2.45, 2.75) is 55.0 Å². The molecule has 6 nitrogen and oxygen atoms in total. The number of nitrogens with zero attached hydrogens (tertiary/aromatic N) is 4. The number of piperidine rings is 1. The Morgan fingerprint density at radius 2 is 1.93 bits per heavy atom. The van der Waals surface area contributed by atoms with Gasteiger partial charge in [0.15, 0.2) is 0 Å². The molecule has 1 saturated heterocycles. The van der Waals surface area contributed by atoms with Crippen LogP contribution in [-0.4, -0.2) is 48.8 Å². The van der Waals surface area contributed by atoms with E-state index in [-0.39, 0.29) is 12.1 Å². The molecule has 0 spiro atoms. The van der Waals surface area contributed by atoms with Crippen molar-refractivity contribution in [1.82, 2.24) is 14.3 Å². The molecule has 2 aliphatic heterocycles. The van der Waals surface area contributed by atoms with E-state index in [0.717, 1.165) is 61.9 Å². The van der Waals surface area contributed by atoms with Crippen LogP contribution in [0.15, 0.2) is 35.4 Å². The fourth-order valence-electron chi connectivity index (χ4n) is 4.68. The van der Waals surface area contributed by atoms with E-state index in [1.165, 1.54) is 5.56 Å². The van der Waals surface area contributed by atoms with E-state index in [1.54, 1.807) is 6.20 Å². The molecule has 0 radical (unpaired) electrons. The number of aromatic nitrogens is 2. The Morgan fingerprint density at radius 1 is 1.21 bits per heavy atom. The van der Waals surface area contributed by atoms with Gasteiger partial charge in [0, 0.05) is 18.1 Å². The highest BCUT2D eigenvalue weighted by Gasteiger charge is 2.48. The lowest BCUT2D eigenvalue weighted by atomic mass is 9.77. The molecular formula is C21H25ClN4O2S. The number of aliphatic hydroxyl groups is 1. The van der Waals surface area contributed by atoms with Gasteiger partial charge in [0.2, 0.25) is 5.95 Å². The van der Waals surface area contributed by atoms with Crippen molar-refractivity contribution in [3.63, 3.8) is 0 Å². The Balaban J connectivity index is 1.29. The zero-order chi connectivity index (χ0) is 20.0. The molecule has 154 valence electrons. The van der Waals surface area contributed by atoms with Gasteiger partial charge in [-0.3, -0.25) is 0 Å². The van der Waals surface area contributed by atoms with Crippen molar-refractivity contribution in [3.8, 4) is 0 Å². The molecule has 1 atom stereocenters. The Bertz CT molecular complexity index is 921. The molecule has 1 aromatic heterocycles. The number of rotatable bonds is 4. The van der Waals surface area contributed by atoms with Crippen LogP contribution in [-0.2, 0) is 17.5 Å². The topological polar surface area (TPSA) is 69.6 Å². The van der Waals surface area contributed by atoms with Crippen LogP contribution in [0.5, 0.6) is 0 Å². The molecule has 1 aliphatic carbocycles. The minimum atomic E-state index is -1.28. The maximum absolute atomic E-state index is 12.9. The summed E-state index contributed by atoms with van der Waals surface area (Å²) in [5.74, 6) is 1.26. The monoisotopic (exact) mass is 432 g/mol. The lowest BCUT2D eigenvalue weighted by molar-refractivity contribution is 0.0253. The highest BCUT2D eigenvalue weighted by atomic mass is 35.5. The second-order valence-corrected chi connectivity index (χ2v) is 10.1. The summed E-state index contributed by atoms with van der Waals surface area (Å²) in [6.45, 7) is 2.38. The molecule has 1 N–H and O–H groups in total. The first-order valence-corrected chi connectivity index (χ1v) is 11.7. The van der Waals surface area contributed by atoms with Crippen LogP contribution in [0, 0.1) is 0 Å². The SMILES string of the molecule is O=S1c2cnc(N3CCC(c4ccc(Cl)cc4)CC3)nc2CN1C1(CO)CCC1. The Hall–Kier alpha value is -1.54. The normalized spacial score (nSPS) is 24.3.